The lowest BCUT2D eigenvalue weighted by Crippen LogP contribution is -2.50. The average molecular weight is 298 g/mol. The Morgan fingerprint density at radius 3 is 2.10 bits per heavy atom. The number of carbonyl (C=O) groups is 1. The Kier molecular flexibility index (Phi) is 6.67. The molecule has 0 atom stereocenters. The van der Waals surface area contributed by atoms with E-state index in [0.29, 0.717) is 6.04 Å². The van der Waals surface area contributed by atoms with Crippen molar-refractivity contribution in [1.82, 2.24) is 10.2 Å². The van der Waals surface area contributed by atoms with Gasteiger partial charge in [-0.3, -0.25) is 4.79 Å². The molecule has 0 aromatic heterocycles. The van der Waals surface area contributed by atoms with Gasteiger partial charge in [0.25, 0.3) is 0 Å². The van der Waals surface area contributed by atoms with E-state index in [2.05, 4.69) is 19.2 Å². The van der Waals surface area contributed by atoms with Gasteiger partial charge in [0.05, 0.1) is 0 Å². The molecular weight excluding hydrogens is 264 g/mol. The minimum Gasteiger partial charge on any atom is -0.396 e. The highest BCUT2D eigenvalue weighted by Crippen LogP contribution is 2.26. The Balaban J connectivity index is 2.42. The molecular formula is C17H34N2O2. The van der Waals surface area contributed by atoms with Crippen LogP contribution in [0, 0.1) is 10.8 Å². The highest BCUT2D eigenvalue weighted by Gasteiger charge is 2.31. The zero-order chi connectivity index (χ0) is 16.1. The van der Waals surface area contributed by atoms with E-state index in [4.69, 9.17) is 0 Å². The third kappa shape index (κ3) is 4.96. The molecule has 1 heterocycles. The molecule has 2 N–H and O–H groups in total. The molecule has 4 nitrogen and oxygen atoms in total. The summed E-state index contributed by atoms with van der Waals surface area (Å²) in [4.78, 5) is 14.3. The number of rotatable bonds is 6. The number of likely N-dealkylation sites (tertiary alicyclic amines) is 1. The minimum absolute atomic E-state index is 0.0123. The highest BCUT2D eigenvalue weighted by atomic mass is 16.3. The summed E-state index contributed by atoms with van der Waals surface area (Å²) < 4.78 is 0. The van der Waals surface area contributed by atoms with Gasteiger partial charge < -0.3 is 15.3 Å². The molecule has 1 rings (SSSR count). The standard InChI is InChI=1S/C17H34N2O2/c1-6-17(7-2,13-20)12-18-14-8-10-19(11-9-14)15(21)16(3,4)5/h14,18,20H,6-13H2,1-5H3. The SMILES string of the molecule is CCC(CC)(CO)CNC1CCN(C(=O)C(C)(C)C)CC1. The highest BCUT2D eigenvalue weighted by molar-refractivity contribution is 5.81. The number of aliphatic hydroxyl groups is 1. The average Bonchev–Trinajstić information content (AvgIpc) is 2.48. The number of carbonyl (C=O) groups excluding carboxylic acids is 1. The van der Waals surface area contributed by atoms with E-state index < -0.39 is 0 Å². The van der Waals surface area contributed by atoms with E-state index >= 15 is 0 Å². The molecule has 124 valence electrons. The van der Waals surface area contributed by atoms with E-state index in [1.165, 1.54) is 0 Å². The summed E-state index contributed by atoms with van der Waals surface area (Å²) >= 11 is 0. The van der Waals surface area contributed by atoms with Gasteiger partial charge in [-0.15, -0.1) is 0 Å². The second-order valence-corrected chi connectivity index (χ2v) is 7.56. The molecule has 0 saturated carbocycles. The maximum Gasteiger partial charge on any atom is 0.227 e. The van der Waals surface area contributed by atoms with E-state index in [0.717, 1.165) is 45.3 Å². The fourth-order valence-corrected chi connectivity index (χ4v) is 2.90. The number of aliphatic hydroxyl groups excluding tert-OH is 1. The molecule has 1 amide bonds. The Hall–Kier alpha value is -0.610. The summed E-state index contributed by atoms with van der Waals surface area (Å²) in [5.74, 6) is 0.257. The van der Waals surface area contributed by atoms with E-state index in [1.54, 1.807) is 0 Å². The van der Waals surface area contributed by atoms with Crippen LogP contribution < -0.4 is 5.32 Å². The van der Waals surface area contributed by atoms with Crippen LogP contribution in [0.4, 0.5) is 0 Å². The maximum absolute atomic E-state index is 12.3. The van der Waals surface area contributed by atoms with Crippen LogP contribution in [-0.4, -0.2) is 48.2 Å². The minimum atomic E-state index is -0.281. The third-order valence-electron chi connectivity index (χ3n) is 5.02. The summed E-state index contributed by atoms with van der Waals surface area (Å²) in [5.41, 5.74) is -0.269. The number of nitrogens with one attached hydrogen (secondary N) is 1. The van der Waals surface area contributed by atoms with Gasteiger partial charge in [0.15, 0.2) is 0 Å². The first-order valence-electron chi connectivity index (χ1n) is 8.41. The molecule has 1 aliphatic heterocycles. The molecule has 0 aliphatic carbocycles. The molecule has 0 unspecified atom stereocenters. The van der Waals surface area contributed by atoms with Crippen molar-refractivity contribution in [3.63, 3.8) is 0 Å². The Bertz CT molecular complexity index is 316. The Labute approximate surface area is 130 Å². The van der Waals surface area contributed by atoms with Gasteiger partial charge in [-0.05, 0) is 25.7 Å². The lowest BCUT2D eigenvalue weighted by molar-refractivity contribution is -0.140. The molecule has 0 aromatic rings. The molecule has 1 saturated heterocycles. The van der Waals surface area contributed by atoms with Crippen molar-refractivity contribution in [1.29, 1.82) is 0 Å². The predicted molar refractivity (Wildman–Crippen MR) is 87.2 cm³/mol. The smallest absolute Gasteiger partial charge is 0.227 e. The van der Waals surface area contributed by atoms with Crippen molar-refractivity contribution < 1.29 is 9.90 Å². The van der Waals surface area contributed by atoms with Crippen molar-refractivity contribution in [2.75, 3.05) is 26.2 Å². The van der Waals surface area contributed by atoms with Crippen LogP contribution in [0.2, 0.25) is 0 Å². The number of piperidine rings is 1. The molecule has 0 spiro atoms. The molecule has 0 aromatic carbocycles. The van der Waals surface area contributed by atoms with Gasteiger partial charge in [0.1, 0.15) is 0 Å². The Morgan fingerprint density at radius 1 is 1.19 bits per heavy atom. The number of hydrogen-bond acceptors (Lipinski definition) is 3. The number of nitrogens with zero attached hydrogens (tertiary/aromatic N) is 1. The number of hydrogen-bond donors (Lipinski definition) is 2. The molecule has 1 fully saturated rings. The summed E-state index contributed by atoms with van der Waals surface area (Å²) in [6, 6.07) is 0.470. The van der Waals surface area contributed by atoms with Crippen LogP contribution in [0.1, 0.15) is 60.3 Å². The first kappa shape index (κ1) is 18.4. The molecule has 0 bridgehead atoms. The fraction of sp³-hybridized carbons (Fsp3) is 0.941. The quantitative estimate of drug-likeness (QED) is 0.792. The van der Waals surface area contributed by atoms with Crippen LogP contribution in [0.3, 0.4) is 0 Å². The van der Waals surface area contributed by atoms with Gasteiger partial charge in [-0.2, -0.15) is 0 Å². The monoisotopic (exact) mass is 298 g/mol. The third-order valence-corrected chi connectivity index (χ3v) is 5.02. The second-order valence-electron chi connectivity index (χ2n) is 7.56. The topological polar surface area (TPSA) is 52.6 Å². The van der Waals surface area contributed by atoms with Crippen molar-refractivity contribution in [3.05, 3.63) is 0 Å². The van der Waals surface area contributed by atoms with Gasteiger partial charge >= 0.3 is 0 Å². The maximum atomic E-state index is 12.3. The van der Waals surface area contributed by atoms with Crippen LogP contribution in [0.5, 0.6) is 0 Å². The summed E-state index contributed by atoms with van der Waals surface area (Å²) in [6.07, 6.45) is 4.01. The van der Waals surface area contributed by atoms with E-state index in [-0.39, 0.29) is 23.3 Å². The zero-order valence-corrected chi connectivity index (χ0v) is 14.5. The van der Waals surface area contributed by atoms with Gasteiger partial charge in [-0.1, -0.05) is 34.6 Å². The van der Waals surface area contributed by atoms with Crippen LogP contribution in [0.25, 0.3) is 0 Å². The second kappa shape index (κ2) is 7.59. The summed E-state index contributed by atoms with van der Waals surface area (Å²) in [6.45, 7) is 13.0. The first-order valence-corrected chi connectivity index (χ1v) is 8.41. The van der Waals surface area contributed by atoms with Crippen LogP contribution in [-0.2, 0) is 4.79 Å². The molecule has 21 heavy (non-hydrogen) atoms. The first-order chi connectivity index (χ1) is 9.78. The van der Waals surface area contributed by atoms with Gasteiger partial charge in [0, 0.05) is 43.1 Å². The van der Waals surface area contributed by atoms with E-state index in [1.807, 2.05) is 25.7 Å². The molecule has 4 heteroatoms. The van der Waals surface area contributed by atoms with Crippen molar-refractivity contribution in [2.45, 2.75) is 66.3 Å². The lowest BCUT2D eigenvalue weighted by Gasteiger charge is -2.38. The molecule has 1 aliphatic rings. The lowest BCUT2D eigenvalue weighted by atomic mass is 9.82. The number of amides is 1. The Morgan fingerprint density at radius 2 is 1.71 bits per heavy atom. The van der Waals surface area contributed by atoms with Gasteiger partial charge in [0.2, 0.25) is 5.91 Å². The summed E-state index contributed by atoms with van der Waals surface area (Å²) in [5, 5.41) is 13.2. The van der Waals surface area contributed by atoms with Crippen molar-refractivity contribution in [2.24, 2.45) is 10.8 Å². The van der Waals surface area contributed by atoms with Gasteiger partial charge in [-0.25, -0.2) is 0 Å². The van der Waals surface area contributed by atoms with E-state index in [9.17, 15) is 9.90 Å². The van der Waals surface area contributed by atoms with Crippen LogP contribution in [0.15, 0.2) is 0 Å². The summed E-state index contributed by atoms with van der Waals surface area (Å²) in [7, 11) is 0. The van der Waals surface area contributed by atoms with Crippen LogP contribution >= 0.6 is 0 Å². The zero-order valence-electron chi connectivity index (χ0n) is 14.5. The predicted octanol–water partition coefficient (Wildman–Crippen LogP) is 2.41. The van der Waals surface area contributed by atoms with Crippen molar-refractivity contribution >= 4 is 5.91 Å². The van der Waals surface area contributed by atoms with Crippen molar-refractivity contribution in [3.8, 4) is 0 Å². The molecule has 0 radical (unpaired) electrons. The largest absolute Gasteiger partial charge is 0.396 e. The normalized spacial score (nSPS) is 18.1. The fourth-order valence-electron chi connectivity index (χ4n) is 2.90.